The van der Waals surface area contributed by atoms with Crippen LogP contribution in [0.1, 0.15) is 25.6 Å². The lowest BCUT2D eigenvalue weighted by atomic mass is 10.0. The zero-order valence-corrected chi connectivity index (χ0v) is 12.1. The van der Waals surface area contributed by atoms with Gasteiger partial charge in [-0.05, 0) is 19.0 Å². The number of furan rings is 1. The minimum Gasteiger partial charge on any atom is -0.496 e. The zero-order chi connectivity index (χ0) is 14.0. The van der Waals surface area contributed by atoms with Gasteiger partial charge in [0.05, 0.1) is 25.6 Å². The van der Waals surface area contributed by atoms with Crippen LogP contribution in [0.3, 0.4) is 0 Å². The predicted molar refractivity (Wildman–Crippen MR) is 76.0 cm³/mol. The van der Waals surface area contributed by atoms with Crippen molar-refractivity contribution in [3.8, 4) is 11.5 Å². The molecule has 0 aliphatic carbocycles. The van der Waals surface area contributed by atoms with Gasteiger partial charge in [-0.25, -0.2) is 0 Å². The predicted octanol–water partition coefficient (Wildman–Crippen LogP) is 3.37. The van der Waals surface area contributed by atoms with Crippen LogP contribution in [-0.4, -0.2) is 21.3 Å². The van der Waals surface area contributed by atoms with Gasteiger partial charge in [0.15, 0.2) is 0 Å². The molecule has 0 aliphatic rings. The summed E-state index contributed by atoms with van der Waals surface area (Å²) in [4.78, 5) is 0. The molecule has 0 saturated heterocycles. The van der Waals surface area contributed by atoms with E-state index in [2.05, 4.69) is 19.2 Å². The molecule has 104 valence electrons. The Hall–Kier alpha value is -1.68. The van der Waals surface area contributed by atoms with E-state index in [1.807, 2.05) is 25.2 Å². The number of hydrogen-bond acceptors (Lipinski definition) is 4. The van der Waals surface area contributed by atoms with Crippen LogP contribution in [0.4, 0.5) is 0 Å². The van der Waals surface area contributed by atoms with Gasteiger partial charge in [0.25, 0.3) is 0 Å². The molecule has 0 fully saturated rings. The first kappa shape index (κ1) is 13.7. The van der Waals surface area contributed by atoms with Gasteiger partial charge in [-0.15, -0.1) is 0 Å². The molecule has 1 atom stereocenters. The highest BCUT2D eigenvalue weighted by molar-refractivity contribution is 5.86. The third-order valence-electron chi connectivity index (χ3n) is 3.33. The second kappa shape index (κ2) is 5.53. The van der Waals surface area contributed by atoms with E-state index in [4.69, 9.17) is 13.9 Å². The first-order chi connectivity index (χ1) is 9.10. The smallest absolute Gasteiger partial charge is 0.141 e. The Bertz CT molecular complexity index is 560. The number of rotatable bonds is 5. The van der Waals surface area contributed by atoms with E-state index >= 15 is 0 Å². The molecule has 4 heteroatoms. The fourth-order valence-corrected chi connectivity index (χ4v) is 2.35. The maximum Gasteiger partial charge on any atom is 0.141 e. The summed E-state index contributed by atoms with van der Waals surface area (Å²) in [7, 11) is 5.23. The number of hydrogen-bond donors (Lipinski definition) is 1. The van der Waals surface area contributed by atoms with E-state index in [0.29, 0.717) is 5.92 Å². The second-order valence-corrected chi connectivity index (χ2v) is 4.90. The SMILES string of the molecule is CNC(c1cc2c(OC)cc(OC)cc2o1)C(C)C. The molecule has 0 radical (unpaired) electrons. The zero-order valence-electron chi connectivity index (χ0n) is 12.1. The summed E-state index contributed by atoms with van der Waals surface area (Å²) in [6.45, 7) is 4.32. The molecule has 1 aromatic heterocycles. The largest absolute Gasteiger partial charge is 0.496 e. The summed E-state index contributed by atoms with van der Waals surface area (Å²) in [5, 5.41) is 4.25. The number of ether oxygens (including phenoxy) is 2. The number of fused-ring (bicyclic) bond motifs is 1. The lowest BCUT2D eigenvalue weighted by Crippen LogP contribution is -2.20. The molecule has 1 unspecified atom stereocenters. The monoisotopic (exact) mass is 263 g/mol. The Balaban J connectivity index is 2.55. The van der Waals surface area contributed by atoms with Gasteiger partial charge in [-0.2, -0.15) is 0 Å². The van der Waals surface area contributed by atoms with Crippen LogP contribution in [0.25, 0.3) is 11.0 Å². The number of nitrogens with one attached hydrogen (secondary N) is 1. The molecule has 4 nitrogen and oxygen atoms in total. The molecule has 1 N–H and O–H groups in total. The highest BCUT2D eigenvalue weighted by atomic mass is 16.5. The average Bonchev–Trinajstić information content (AvgIpc) is 2.81. The minimum atomic E-state index is 0.183. The second-order valence-electron chi connectivity index (χ2n) is 4.90. The van der Waals surface area contributed by atoms with Crippen LogP contribution in [0.2, 0.25) is 0 Å². The lowest BCUT2D eigenvalue weighted by Gasteiger charge is -2.16. The van der Waals surface area contributed by atoms with Crippen LogP contribution < -0.4 is 14.8 Å². The van der Waals surface area contributed by atoms with Crippen LogP contribution in [0.15, 0.2) is 22.6 Å². The summed E-state index contributed by atoms with van der Waals surface area (Å²) < 4.78 is 16.6. The van der Waals surface area contributed by atoms with Crippen LogP contribution in [-0.2, 0) is 0 Å². The maximum atomic E-state index is 5.94. The highest BCUT2D eigenvalue weighted by Gasteiger charge is 2.20. The molecule has 0 saturated carbocycles. The van der Waals surface area contributed by atoms with Gasteiger partial charge in [-0.1, -0.05) is 13.8 Å². The summed E-state index contributed by atoms with van der Waals surface area (Å²) in [6, 6.07) is 5.97. The molecule has 0 aliphatic heterocycles. The van der Waals surface area contributed by atoms with E-state index in [1.54, 1.807) is 14.2 Å². The summed E-state index contributed by atoms with van der Waals surface area (Å²) in [5.41, 5.74) is 0.784. The van der Waals surface area contributed by atoms with Gasteiger partial charge in [-0.3, -0.25) is 0 Å². The fraction of sp³-hybridized carbons (Fsp3) is 0.467. The van der Waals surface area contributed by atoms with Crippen LogP contribution >= 0.6 is 0 Å². The van der Waals surface area contributed by atoms with Gasteiger partial charge < -0.3 is 19.2 Å². The van der Waals surface area contributed by atoms with E-state index in [1.165, 1.54) is 0 Å². The highest BCUT2D eigenvalue weighted by Crippen LogP contribution is 2.36. The number of benzene rings is 1. The van der Waals surface area contributed by atoms with Crippen molar-refractivity contribution in [1.29, 1.82) is 0 Å². The Morgan fingerprint density at radius 2 is 1.84 bits per heavy atom. The lowest BCUT2D eigenvalue weighted by molar-refractivity contribution is 0.369. The molecule has 0 amide bonds. The van der Waals surface area contributed by atoms with Crippen molar-refractivity contribution in [3.63, 3.8) is 0 Å². The first-order valence-corrected chi connectivity index (χ1v) is 6.43. The van der Waals surface area contributed by atoms with Gasteiger partial charge in [0, 0.05) is 12.1 Å². The quantitative estimate of drug-likeness (QED) is 0.898. The van der Waals surface area contributed by atoms with Crippen molar-refractivity contribution in [3.05, 3.63) is 24.0 Å². The molecule has 2 rings (SSSR count). The minimum absolute atomic E-state index is 0.183. The molecule has 1 heterocycles. The van der Waals surface area contributed by atoms with E-state index in [0.717, 1.165) is 28.2 Å². The molecule has 1 aromatic carbocycles. The van der Waals surface area contributed by atoms with Crippen molar-refractivity contribution >= 4 is 11.0 Å². The molecule has 19 heavy (non-hydrogen) atoms. The van der Waals surface area contributed by atoms with Crippen molar-refractivity contribution < 1.29 is 13.9 Å². The number of methoxy groups -OCH3 is 2. The van der Waals surface area contributed by atoms with Gasteiger partial charge in [0.1, 0.15) is 22.8 Å². The van der Waals surface area contributed by atoms with Crippen molar-refractivity contribution in [1.82, 2.24) is 5.32 Å². The standard InChI is InChI=1S/C15H21NO3/c1-9(2)15(16-3)14-8-11-12(18-5)6-10(17-4)7-13(11)19-14/h6-9,15-16H,1-5H3. The Labute approximate surface area is 113 Å². The molecular weight excluding hydrogens is 242 g/mol. The first-order valence-electron chi connectivity index (χ1n) is 6.43. The van der Waals surface area contributed by atoms with E-state index in [9.17, 15) is 0 Å². The Kier molecular flexibility index (Phi) is 4.00. The van der Waals surface area contributed by atoms with E-state index in [-0.39, 0.29) is 6.04 Å². The van der Waals surface area contributed by atoms with E-state index < -0.39 is 0 Å². The molecule has 0 bridgehead atoms. The maximum absolute atomic E-state index is 5.94. The third-order valence-corrected chi connectivity index (χ3v) is 3.33. The summed E-state index contributed by atoms with van der Waals surface area (Å²) >= 11 is 0. The van der Waals surface area contributed by atoms with Gasteiger partial charge in [0.2, 0.25) is 0 Å². The van der Waals surface area contributed by atoms with Gasteiger partial charge >= 0.3 is 0 Å². The van der Waals surface area contributed by atoms with Crippen LogP contribution in [0.5, 0.6) is 11.5 Å². The van der Waals surface area contributed by atoms with Crippen molar-refractivity contribution in [2.75, 3.05) is 21.3 Å². The third kappa shape index (κ3) is 2.54. The Morgan fingerprint density at radius 3 is 2.37 bits per heavy atom. The summed E-state index contributed by atoms with van der Waals surface area (Å²) in [5.74, 6) is 2.86. The van der Waals surface area contributed by atoms with Crippen LogP contribution in [0, 0.1) is 5.92 Å². The fourth-order valence-electron chi connectivity index (χ4n) is 2.35. The van der Waals surface area contributed by atoms with Crippen molar-refractivity contribution in [2.24, 2.45) is 5.92 Å². The molecule has 2 aromatic rings. The Morgan fingerprint density at radius 1 is 1.11 bits per heavy atom. The average molecular weight is 263 g/mol. The van der Waals surface area contributed by atoms with Crippen molar-refractivity contribution in [2.45, 2.75) is 19.9 Å². The topological polar surface area (TPSA) is 43.6 Å². The molecule has 0 spiro atoms. The molecular formula is C15H21NO3. The summed E-state index contributed by atoms with van der Waals surface area (Å²) in [6.07, 6.45) is 0. The normalized spacial score (nSPS) is 12.9.